The molecule has 7 nitrogen and oxygen atoms in total. The summed E-state index contributed by atoms with van der Waals surface area (Å²) in [6.07, 6.45) is -0.247. The van der Waals surface area contributed by atoms with E-state index in [1.165, 1.54) is 20.3 Å². The van der Waals surface area contributed by atoms with Gasteiger partial charge in [0.2, 0.25) is 0 Å². The molecule has 1 heterocycles. The average molecular weight is 550 g/mol. The zero-order valence-electron chi connectivity index (χ0n) is 23.8. The van der Waals surface area contributed by atoms with Crippen LogP contribution in [0.2, 0.25) is 0 Å². The maximum absolute atomic E-state index is 14.0. The van der Waals surface area contributed by atoms with E-state index in [2.05, 4.69) is 0 Å². The second-order valence-corrected chi connectivity index (χ2v) is 11.0. The van der Waals surface area contributed by atoms with Crippen LogP contribution in [-0.2, 0) is 16.0 Å². The highest BCUT2D eigenvalue weighted by molar-refractivity contribution is 5.91. The first-order valence-electron chi connectivity index (χ1n) is 13.2. The zero-order chi connectivity index (χ0) is 29.0. The van der Waals surface area contributed by atoms with E-state index < -0.39 is 17.5 Å². The number of aryl methyl sites for hydroxylation is 1. The number of nitrogens with zero attached hydrogens (tertiary/aromatic N) is 1. The number of carbonyl (C=O) groups is 2. The summed E-state index contributed by atoms with van der Waals surface area (Å²) in [5, 5.41) is 0. The highest BCUT2D eigenvalue weighted by atomic mass is 19.1. The largest absolute Gasteiger partial charge is 0.494 e. The number of amides is 1. The molecule has 3 aromatic rings. The fraction of sp³-hybridized carbons (Fsp3) is 0.375. The van der Waals surface area contributed by atoms with Gasteiger partial charge in [0.15, 0.2) is 11.6 Å². The van der Waals surface area contributed by atoms with Gasteiger partial charge in [0.1, 0.15) is 17.5 Å². The summed E-state index contributed by atoms with van der Waals surface area (Å²) in [4.78, 5) is 27.1. The Balaban J connectivity index is 1.64. The van der Waals surface area contributed by atoms with Crippen molar-refractivity contribution in [2.45, 2.75) is 58.3 Å². The van der Waals surface area contributed by atoms with E-state index in [0.717, 1.165) is 22.4 Å². The van der Waals surface area contributed by atoms with Gasteiger partial charge in [0.25, 0.3) is 0 Å². The number of halogens is 1. The fourth-order valence-electron chi connectivity index (χ4n) is 4.96. The molecule has 2 atom stereocenters. The summed E-state index contributed by atoms with van der Waals surface area (Å²) in [6, 6.07) is 18.1. The van der Waals surface area contributed by atoms with Crippen LogP contribution < -0.4 is 9.47 Å². The van der Waals surface area contributed by atoms with Crippen LogP contribution in [-0.4, -0.2) is 49.4 Å². The van der Waals surface area contributed by atoms with Crippen LogP contribution >= 0.6 is 0 Å². The molecule has 0 aliphatic carbocycles. The lowest BCUT2D eigenvalue weighted by Gasteiger charge is -2.36. The number of fused-ring (bicyclic) bond motifs is 1. The van der Waals surface area contributed by atoms with Crippen LogP contribution in [0, 0.1) is 12.7 Å². The van der Waals surface area contributed by atoms with E-state index in [-0.39, 0.29) is 36.8 Å². The molecular weight excluding hydrogens is 513 g/mol. The van der Waals surface area contributed by atoms with Gasteiger partial charge in [-0.3, -0.25) is 0 Å². The smallest absolute Gasteiger partial charge is 0.410 e. The van der Waals surface area contributed by atoms with Gasteiger partial charge in [-0.15, -0.1) is 0 Å². The summed E-state index contributed by atoms with van der Waals surface area (Å²) in [7, 11) is 2.77. The first kappa shape index (κ1) is 28.9. The number of rotatable bonds is 7. The van der Waals surface area contributed by atoms with Gasteiger partial charge in [-0.2, -0.15) is 0 Å². The minimum Gasteiger partial charge on any atom is -0.494 e. The van der Waals surface area contributed by atoms with Crippen LogP contribution in [0.5, 0.6) is 11.5 Å². The fourth-order valence-corrected chi connectivity index (χ4v) is 4.96. The normalized spacial score (nSPS) is 16.4. The van der Waals surface area contributed by atoms with E-state index >= 15 is 0 Å². The van der Waals surface area contributed by atoms with E-state index in [9.17, 15) is 14.0 Å². The molecule has 0 spiro atoms. The third kappa shape index (κ3) is 6.73. The molecule has 0 aromatic heterocycles. The topological polar surface area (TPSA) is 74.3 Å². The molecule has 0 N–H and O–H groups in total. The average Bonchev–Trinajstić information content (AvgIpc) is 2.91. The lowest BCUT2D eigenvalue weighted by molar-refractivity contribution is 0.0128. The van der Waals surface area contributed by atoms with Crippen molar-refractivity contribution in [1.29, 1.82) is 0 Å². The van der Waals surface area contributed by atoms with E-state index in [1.54, 1.807) is 23.1 Å². The van der Waals surface area contributed by atoms with Gasteiger partial charge in [-0.1, -0.05) is 36.4 Å². The highest BCUT2D eigenvalue weighted by Crippen LogP contribution is 2.41. The van der Waals surface area contributed by atoms with Gasteiger partial charge in [-0.25, -0.2) is 14.0 Å². The van der Waals surface area contributed by atoms with Crippen molar-refractivity contribution < 1.29 is 32.9 Å². The SMILES string of the molecule is COC(=O)c1ccc(C2CC(CN(Cc3ccc(F)c(OC)c3)C(=O)OC(C)(C)C)Oc3ccccc32)cc1C. The molecule has 4 rings (SSSR count). The van der Waals surface area contributed by atoms with Crippen molar-refractivity contribution in [2.75, 3.05) is 20.8 Å². The van der Waals surface area contributed by atoms with E-state index in [1.807, 2.05) is 64.1 Å². The predicted octanol–water partition coefficient (Wildman–Crippen LogP) is 6.65. The summed E-state index contributed by atoms with van der Waals surface area (Å²) in [5.74, 6) is -0.0218. The number of carbonyl (C=O) groups excluding carboxylic acids is 2. The summed E-state index contributed by atoms with van der Waals surface area (Å²) < 4.78 is 36.2. The highest BCUT2D eigenvalue weighted by Gasteiger charge is 2.33. The predicted molar refractivity (Wildman–Crippen MR) is 149 cm³/mol. The summed E-state index contributed by atoms with van der Waals surface area (Å²) in [5.41, 5.74) is 3.43. The van der Waals surface area contributed by atoms with Crippen LogP contribution in [0.3, 0.4) is 0 Å². The molecule has 1 amide bonds. The molecular formula is C32H36FNO6. The Kier molecular flexibility index (Phi) is 8.67. The van der Waals surface area contributed by atoms with Crippen molar-refractivity contribution in [2.24, 2.45) is 0 Å². The first-order chi connectivity index (χ1) is 19.0. The Labute approximate surface area is 234 Å². The Morgan fingerprint density at radius 3 is 2.48 bits per heavy atom. The Hall–Kier alpha value is -4.07. The molecule has 8 heteroatoms. The Bertz CT molecular complexity index is 1380. The molecule has 212 valence electrons. The minimum absolute atomic E-state index is 0.0215. The second-order valence-electron chi connectivity index (χ2n) is 11.0. The van der Waals surface area contributed by atoms with Crippen molar-refractivity contribution >= 4 is 12.1 Å². The molecule has 0 fully saturated rings. The maximum Gasteiger partial charge on any atom is 0.410 e. The van der Waals surface area contributed by atoms with Crippen LogP contribution in [0.4, 0.5) is 9.18 Å². The number of para-hydroxylation sites is 1. The number of benzene rings is 3. The number of esters is 1. The van der Waals surface area contributed by atoms with E-state index in [4.69, 9.17) is 18.9 Å². The first-order valence-corrected chi connectivity index (χ1v) is 13.2. The van der Waals surface area contributed by atoms with Gasteiger partial charge in [0.05, 0.1) is 26.3 Å². The number of methoxy groups -OCH3 is 2. The monoisotopic (exact) mass is 549 g/mol. The minimum atomic E-state index is -0.697. The van der Waals surface area contributed by atoms with Gasteiger partial charge >= 0.3 is 12.1 Å². The van der Waals surface area contributed by atoms with Crippen molar-refractivity contribution in [3.63, 3.8) is 0 Å². The van der Waals surface area contributed by atoms with Gasteiger partial charge in [-0.05, 0) is 75.1 Å². The van der Waals surface area contributed by atoms with E-state index in [0.29, 0.717) is 17.5 Å². The molecule has 40 heavy (non-hydrogen) atoms. The lowest BCUT2D eigenvalue weighted by atomic mass is 9.83. The lowest BCUT2D eigenvalue weighted by Crippen LogP contribution is -2.43. The molecule has 0 bridgehead atoms. The maximum atomic E-state index is 14.0. The zero-order valence-corrected chi connectivity index (χ0v) is 23.8. The quantitative estimate of drug-likeness (QED) is 0.307. The summed E-state index contributed by atoms with van der Waals surface area (Å²) >= 11 is 0. The molecule has 0 saturated carbocycles. The van der Waals surface area contributed by atoms with Crippen LogP contribution in [0.15, 0.2) is 60.7 Å². The van der Waals surface area contributed by atoms with Gasteiger partial charge < -0.3 is 23.8 Å². The summed E-state index contributed by atoms with van der Waals surface area (Å²) in [6.45, 7) is 7.76. The molecule has 0 saturated heterocycles. The Morgan fingerprint density at radius 1 is 1.05 bits per heavy atom. The Morgan fingerprint density at radius 2 is 1.80 bits per heavy atom. The van der Waals surface area contributed by atoms with Gasteiger partial charge in [0, 0.05) is 18.0 Å². The third-order valence-electron chi connectivity index (χ3n) is 6.81. The molecule has 1 aliphatic rings. The third-order valence-corrected chi connectivity index (χ3v) is 6.81. The van der Waals surface area contributed by atoms with Crippen molar-refractivity contribution in [1.82, 2.24) is 4.90 Å². The molecule has 1 aliphatic heterocycles. The van der Waals surface area contributed by atoms with Crippen molar-refractivity contribution in [3.05, 3.63) is 94.3 Å². The molecule has 0 radical (unpaired) electrons. The number of hydrogen-bond donors (Lipinski definition) is 0. The van der Waals surface area contributed by atoms with Crippen molar-refractivity contribution in [3.8, 4) is 11.5 Å². The van der Waals surface area contributed by atoms with Crippen LogP contribution in [0.1, 0.15) is 65.7 Å². The number of ether oxygens (including phenoxy) is 4. The van der Waals surface area contributed by atoms with Crippen LogP contribution in [0.25, 0.3) is 0 Å². The molecule has 2 unspecified atom stereocenters. The standard InChI is InChI=1S/C32H36FNO6/c1-20-15-22(12-13-24(20)30(35)38-6)26-17-23(39-28-10-8-7-9-25(26)28)19-34(31(36)40-32(2,3)4)18-21-11-14-27(33)29(16-21)37-5/h7-16,23,26H,17-19H2,1-6H3. The molecule has 3 aromatic carbocycles. The second kappa shape index (κ2) is 12.0. The number of hydrogen-bond acceptors (Lipinski definition) is 6.